The number of aryl methyl sites for hydroxylation is 3. The number of anilines is 1. The number of hydrogen-bond acceptors (Lipinski definition) is 2. The molecule has 0 saturated carbocycles. The summed E-state index contributed by atoms with van der Waals surface area (Å²) in [5.74, 6) is 0. The molecule has 0 aliphatic rings. The van der Waals surface area contributed by atoms with Crippen LogP contribution in [0.15, 0.2) is 47.6 Å². The Morgan fingerprint density at radius 2 is 1.73 bits per heavy atom. The molecule has 2 aromatic carbocycles. The largest absolute Gasteiger partial charge is 0.339 e. The molecule has 0 aliphatic carbocycles. The van der Waals surface area contributed by atoms with Crippen LogP contribution < -0.4 is 10.7 Å². The number of hydrazone groups is 1. The fraction of sp³-hybridized carbons (Fsp3) is 0.222. The third-order valence-corrected chi connectivity index (χ3v) is 3.49. The fourth-order valence-corrected chi connectivity index (χ4v) is 2.16. The van der Waals surface area contributed by atoms with E-state index in [9.17, 15) is 4.79 Å². The van der Waals surface area contributed by atoms with Gasteiger partial charge in [0.25, 0.3) is 0 Å². The first-order valence-corrected chi connectivity index (χ1v) is 7.35. The topological polar surface area (TPSA) is 53.5 Å². The van der Waals surface area contributed by atoms with Crippen molar-refractivity contribution in [1.29, 1.82) is 0 Å². The summed E-state index contributed by atoms with van der Waals surface area (Å²) in [7, 11) is 0. The molecule has 0 atom stereocenters. The lowest BCUT2D eigenvalue weighted by molar-refractivity contribution is 0.252. The van der Waals surface area contributed by atoms with E-state index >= 15 is 0 Å². The molecule has 0 unspecified atom stereocenters. The van der Waals surface area contributed by atoms with E-state index < -0.39 is 0 Å². The third-order valence-electron chi connectivity index (χ3n) is 3.49. The van der Waals surface area contributed by atoms with Crippen molar-refractivity contribution in [3.05, 3.63) is 64.7 Å². The van der Waals surface area contributed by atoms with Gasteiger partial charge in [-0.15, -0.1) is 0 Å². The maximum atomic E-state index is 11.9. The summed E-state index contributed by atoms with van der Waals surface area (Å²) < 4.78 is 0. The summed E-state index contributed by atoms with van der Waals surface area (Å²) in [6.45, 7) is 6.03. The third kappa shape index (κ3) is 4.19. The first-order valence-electron chi connectivity index (χ1n) is 7.35. The van der Waals surface area contributed by atoms with Crippen molar-refractivity contribution in [3.8, 4) is 0 Å². The van der Waals surface area contributed by atoms with E-state index in [-0.39, 0.29) is 6.03 Å². The molecule has 22 heavy (non-hydrogen) atoms. The Hall–Kier alpha value is -2.62. The average Bonchev–Trinajstić information content (AvgIpc) is 2.52. The minimum absolute atomic E-state index is 0.348. The second-order valence-electron chi connectivity index (χ2n) is 5.19. The lowest BCUT2D eigenvalue weighted by Gasteiger charge is -2.10. The quantitative estimate of drug-likeness (QED) is 0.649. The highest BCUT2D eigenvalue weighted by Gasteiger charge is 2.05. The van der Waals surface area contributed by atoms with Gasteiger partial charge in [0.05, 0.1) is 6.21 Å². The van der Waals surface area contributed by atoms with Gasteiger partial charge in [0, 0.05) is 5.69 Å². The molecule has 4 heteroatoms. The van der Waals surface area contributed by atoms with Crippen LogP contribution in [0.1, 0.15) is 29.2 Å². The van der Waals surface area contributed by atoms with E-state index in [0.29, 0.717) is 0 Å². The molecule has 0 saturated heterocycles. The smallest absolute Gasteiger partial charge is 0.306 e. The molecule has 114 valence electrons. The normalized spacial score (nSPS) is 10.7. The Kier molecular flexibility index (Phi) is 5.31. The van der Waals surface area contributed by atoms with Gasteiger partial charge in [0.2, 0.25) is 0 Å². The molecule has 0 fully saturated rings. The zero-order valence-corrected chi connectivity index (χ0v) is 13.2. The second-order valence-corrected chi connectivity index (χ2v) is 5.19. The van der Waals surface area contributed by atoms with Gasteiger partial charge < -0.3 is 5.32 Å². The molecule has 0 radical (unpaired) electrons. The van der Waals surface area contributed by atoms with Crippen molar-refractivity contribution in [2.24, 2.45) is 5.10 Å². The molecule has 2 N–H and O–H groups in total. The number of rotatable bonds is 4. The molecule has 0 aliphatic heterocycles. The lowest BCUT2D eigenvalue weighted by Crippen LogP contribution is -2.25. The molecule has 0 spiro atoms. The van der Waals surface area contributed by atoms with Crippen LogP contribution in [0.4, 0.5) is 10.5 Å². The number of benzene rings is 2. The number of para-hydroxylation sites is 1. The van der Waals surface area contributed by atoms with E-state index in [1.165, 1.54) is 5.56 Å². The van der Waals surface area contributed by atoms with E-state index in [1.807, 2.05) is 44.2 Å². The summed E-state index contributed by atoms with van der Waals surface area (Å²) in [5, 5.41) is 6.78. The molecule has 4 nitrogen and oxygen atoms in total. The first kappa shape index (κ1) is 15.8. The zero-order valence-electron chi connectivity index (χ0n) is 13.2. The van der Waals surface area contributed by atoms with Gasteiger partial charge in [0.15, 0.2) is 0 Å². The van der Waals surface area contributed by atoms with Crippen molar-refractivity contribution < 1.29 is 4.79 Å². The van der Waals surface area contributed by atoms with Gasteiger partial charge in [-0.3, -0.25) is 0 Å². The summed E-state index contributed by atoms with van der Waals surface area (Å²) in [5.41, 5.74) is 7.57. The number of urea groups is 1. The lowest BCUT2D eigenvalue weighted by atomic mass is 10.1. The minimum Gasteiger partial charge on any atom is -0.306 e. The van der Waals surface area contributed by atoms with Crippen molar-refractivity contribution in [2.75, 3.05) is 5.32 Å². The summed E-state index contributed by atoms with van der Waals surface area (Å²) in [4.78, 5) is 11.9. The van der Waals surface area contributed by atoms with Crippen LogP contribution in [0.25, 0.3) is 0 Å². The fourth-order valence-electron chi connectivity index (χ4n) is 2.16. The Morgan fingerprint density at radius 1 is 1.09 bits per heavy atom. The average molecular weight is 295 g/mol. The monoisotopic (exact) mass is 295 g/mol. The number of amides is 2. The van der Waals surface area contributed by atoms with Crippen LogP contribution in [0, 0.1) is 13.8 Å². The number of hydrogen-bond donors (Lipinski definition) is 2. The standard InChI is InChI=1S/C18H21N3O/c1-4-15-8-10-16(11-9-15)12-19-21-18(22)20-17-13(2)6-5-7-14(17)3/h5-12H,4H2,1-3H3,(H2,20,21,22)/b19-12+. The minimum atomic E-state index is -0.348. The Balaban J connectivity index is 1.93. The van der Waals surface area contributed by atoms with Crippen molar-refractivity contribution in [2.45, 2.75) is 27.2 Å². The second kappa shape index (κ2) is 7.41. The van der Waals surface area contributed by atoms with Crippen LogP contribution in [0.2, 0.25) is 0 Å². The Morgan fingerprint density at radius 3 is 2.32 bits per heavy atom. The molecular weight excluding hydrogens is 274 g/mol. The van der Waals surface area contributed by atoms with Gasteiger partial charge in [0.1, 0.15) is 0 Å². The highest BCUT2D eigenvalue weighted by Crippen LogP contribution is 2.18. The van der Waals surface area contributed by atoms with Gasteiger partial charge in [-0.25, -0.2) is 10.2 Å². The van der Waals surface area contributed by atoms with Crippen molar-refractivity contribution in [3.63, 3.8) is 0 Å². The van der Waals surface area contributed by atoms with E-state index in [2.05, 4.69) is 34.9 Å². The number of nitrogens with zero attached hydrogens (tertiary/aromatic N) is 1. The van der Waals surface area contributed by atoms with Crippen LogP contribution in [0.3, 0.4) is 0 Å². The summed E-state index contributed by atoms with van der Waals surface area (Å²) in [6, 6.07) is 13.6. The molecule has 2 aromatic rings. The molecular formula is C18H21N3O. The first-order chi connectivity index (χ1) is 10.6. The predicted octanol–water partition coefficient (Wildman–Crippen LogP) is 4.02. The van der Waals surface area contributed by atoms with Crippen LogP contribution in [0.5, 0.6) is 0 Å². The predicted molar refractivity (Wildman–Crippen MR) is 91.5 cm³/mol. The van der Waals surface area contributed by atoms with Crippen LogP contribution in [-0.4, -0.2) is 12.2 Å². The highest BCUT2D eigenvalue weighted by atomic mass is 16.2. The molecule has 2 amide bonds. The van der Waals surface area contributed by atoms with Gasteiger partial charge in [-0.05, 0) is 42.5 Å². The van der Waals surface area contributed by atoms with E-state index in [1.54, 1.807) is 6.21 Å². The molecule has 0 bridgehead atoms. The maximum absolute atomic E-state index is 11.9. The van der Waals surface area contributed by atoms with Gasteiger partial charge in [-0.2, -0.15) is 5.10 Å². The zero-order chi connectivity index (χ0) is 15.9. The summed E-state index contributed by atoms with van der Waals surface area (Å²) >= 11 is 0. The number of nitrogens with one attached hydrogen (secondary N) is 2. The SMILES string of the molecule is CCc1ccc(/C=N/NC(=O)Nc2c(C)cccc2C)cc1. The van der Waals surface area contributed by atoms with Gasteiger partial charge >= 0.3 is 6.03 Å². The molecule has 2 rings (SSSR count). The highest BCUT2D eigenvalue weighted by molar-refractivity contribution is 5.91. The molecule has 0 heterocycles. The number of carbonyl (C=O) groups excluding carboxylic acids is 1. The van der Waals surface area contributed by atoms with Crippen LogP contribution in [-0.2, 0) is 6.42 Å². The Bertz CT molecular complexity index is 655. The van der Waals surface area contributed by atoms with E-state index in [4.69, 9.17) is 0 Å². The van der Waals surface area contributed by atoms with Gasteiger partial charge in [-0.1, -0.05) is 49.4 Å². The van der Waals surface area contributed by atoms with E-state index in [0.717, 1.165) is 28.8 Å². The molecule has 0 aromatic heterocycles. The number of carbonyl (C=O) groups is 1. The van der Waals surface area contributed by atoms with Crippen molar-refractivity contribution in [1.82, 2.24) is 5.43 Å². The summed E-state index contributed by atoms with van der Waals surface area (Å²) in [6.07, 6.45) is 2.64. The van der Waals surface area contributed by atoms with Crippen molar-refractivity contribution >= 4 is 17.9 Å². The Labute approximate surface area is 131 Å². The maximum Gasteiger partial charge on any atom is 0.339 e. The van der Waals surface area contributed by atoms with Crippen LogP contribution >= 0.6 is 0 Å².